The van der Waals surface area contributed by atoms with Crippen molar-refractivity contribution in [2.45, 2.75) is 13.8 Å². The van der Waals surface area contributed by atoms with Gasteiger partial charge in [-0.15, -0.1) is 0 Å². The number of halogens is 1. The van der Waals surface area contributed by atoms with Crippen molar-refractivity contribution in [2.24, 2.45) is 0 Å². The zero-order valence-corrected chi connectivity index (χ0v) is 16.9. The van der Waals surface area contributed by atoms with E-state index >= 15 is 0 Å². The van der Waals surface area contributed by atoms with Crippen LogP contribution in [-0.2, 0) is 4.79 Å². The van der Waals surface area contributed by atoms with Gasteiger partial charge in [-0.25, -0.2) is 9.37 Å². The molecule has 0 saturated heterocycles. The van der Waals surface area contributed by atoms with Crippen molar-refractivity contribution >= 4 is 23.4 Å². The fraction of sp³-hybridized carbons (Fsp3) is 0.227. The molecule has 3 rings (SSSR count). The van der Waals surface area contributed by atoms with E-state index in [-0.39, 0.29) is 18.3 Å². The molecule has 2 aromatic carbocycles. The first-order valence-electron chi connectivity index (χ1n) is 9.57. The first kappa shape index (κ1) is 21.0. The summed E-state index contributed by atoms with van der Waals surface area (Å²) in [6, 6.07) is 15.8. The summed E-state index contributed by atoms with van der Waals surface area (Å²) in [7, 11) is 0. The van der Waals surface area contributed by atoms with Crippen LogP contribution in [0, 0.1) is 19.7 Å². The lowest BCUT2D eigenvalue weighted by Crippen LogP contribution is -2.33. The topological polar surface area (TPSA) is 88.2 Å². The first-order chi connectivity index (χ1) is 14.5. The average molecular weight is 409 g/mol. The minimum Gasteiger partial charge on any atom is -0.481 e. The minimum absolute atomic E-state index is 0.0486. The number of carbonyl (C=O) groups is 1. The van der Waals surface area contributed by atoms with Crippen LogP contribution in [0.4, 0.5) is 21.8 Å². The number of ether oxygens (including phenoxy) is 1. The Morgan fingerprint density at radius 1 is 1.03 bits per heavy atom. The summed E-state index contributed by atoms with van der Waals surface area (Å²) in [6.07, 6.45) is 0. The van der Waals surface area contributed by atoms with Gasteiger partial charge in [-0.05, 0) is 38.1 Å². The van der Waals surface area contributed by atoms with E-state index in [0.717, 1.165) is 11.4 Å². The number of nitrogens with one attached hydrogen (secondary N) is 3. The minimum atomic E-state index is -0.501. The van der Waals surface area contributed by atoms with Gasteiger partial charge in [-0.1, -0.05) is 29.8 Å². The van der Waals surface area contributed by atoms with E-state index in [2.05, 4.69) is 25.9 Å². The summed E-state index contributed by atoms with van der Waals surface area (Å²) in [5.41, 5.74) is 2.93. The van der Waals surface area contributed by atoms with Gasteiger partial charge in [-0.2, -0.15) is 4.98 Å². The molecule has 156 valence electrons. The Bertz CT molecular complexity index is 995. The van der Waals surface area contributed by atoms with Crippen LogP contribution in [0.5, 0.6) is 5.75 Å². The number of aromatic nitrogens is 2. The highest BCUT2D eigenvalue weighted by molar-refractivity contribution is 5.77. The summed E-state index contributed by atoms with van der Waals surface area (Å²) < 4.78 is 18.6. The number of rotatable bonds is 9. The van der Waals surface area contributed by atoms with Crippen LogP contribution in [0.2, 0.25) is 0 Å². The normalized spacial score (nSPS) is 10.4. The number of para-hydroxylation sites is 1. The van der Waals surface area contributed by atoms with Crippen LogP contribution in [-0.4, -0.2) is 35.6 Å². The molecule has 3 aromatic rings. The van der Waals surface area contributed by atoms with Gasteiger partial charge in [0.2, 0.25) is 5.95 Å². The summed E-state index contributed by atoms with van der Waals surface area (Å²) in [5.74, 6) is 0.343. The van der Waals surface area contributed by atoms with Crippen molar-refractivity contribution in [2.75, 3.05) is 30.3 Å². The van der Waals surface area contributed by atoms with Crippen molar-refractivity contribution in [3.63, 3.8) is 0 Å². The average Bonchev–Trinajstić information content (AvgIpc) is 2.72. The first-order valence-corrected chi connectivity index (χ1v) is 9.57. The summed E-state index contributed by atoms with van der Waals surface area (Å²) in [5, 5.41) is 9.03. The van der Waals surface area contributed by atoms with Gasteiger partial charge in [-0.3, -0.25) is 4.79 Å². The second-order valence-electron chi connectivity index (χ2n) is 6.71. The standard InChI is InChI=1S/C22H24FN5O2/c1-15-7-9-17(10-8-15)27-20-13-16(2)26-22(28-20)25-12-11-24-21(29)14-30-19-6-4-3-5-18(19)23/h3-10,13H,11-12,14H2,1-2H3,(H,24,29)(H2,25,26,27,28). The van der Waals surface area contributed by atoms with E-state index in [4.69, 9.17) is 4.74 Å². The summed E-state index contributed by atoms with van der Waals surface area (Å²) in [4.78, 5) is 20.6. The van der Waals surface area contributed by atoms with E-state index in [1.165, 1.54) is 17.7 Å². The van der Waals surface area contributed by atoms with Gasteiger partial charge in [0.05, 0.1) is 0 Å². The Morgan fingerprint density at radius 2 is 1.80 bits per heavy atom. The quantitative estimate of drug-likeness (QED) is 0.468. The fourth-order valence-electron chi connectivity index (χ4n) is 2.63. The van der Waals surface area contributed by atoms with E-state index in [1.807, 2.05) is 44.2 Å². The van der Waals surface area contributed by atoms with Crippen LogP contribution in [0.25, 0.3) is 0 Å². The third-order valence-electron chi connectivity index (χ3n) is 4.10. The van der Waals surface area contributed by atoms with E-state index in [9.17, 15) is 9.18 Å². The van der Waals surface area contributed by atoms with Crippen LogP contribution in [0.15, 0.2) is 54.6 Å². The number of aryl methyl sites for hydroxylation is 2. The number of anilines is 3. The Hall–Kier alpha value is -3.68. The molecule has 0 saturated carbocycles. The molecule has 0 aliphatic rings. The molecule has 30 heavy (non-hydrogen) atoms. The van der Waals surface area contributed by atoms with E-state index in [0.29, 0.717) is 24.9 Å². The molecule has 1 aromatic heterocycles. The van der Waals surface area contributed by atoms with Crippen molar-refractivity contribution in [1.82, 2.24) is 15.3 Å². The van der Waals surface area contributed by atoms with E-state index < -0.39 is 5.82 Å². The van der Waals surface area contributed by atoms with Crippen LogP contribution >= 0.6 is 0 Å². The fourth-order valence-corrected chi connectivity index (χ4v) is 2.63. The zero-order chi connectivity index (χ0) is 21.3. The molecule has 7 nitrogen and oxygen atoms in total. The molecule has 1 heterocycles. The smallest absolute Gasteiger partial charge is 0.258 e. The lowest BCUT2D eigenvalue weighted by atomic mass is 10.2. The van der Waals surface area contributed by atoms with Gasteiger partial charge in [0, 0.05) is 30.5 Å². The maximum atomic E-state index is 13.5. The number of carbonyl (C=O) groups excluding carboxylic acids is 1. The molecule has 0 atom stereocenters. The summed E-state index contributed by atoms with van der Waals surface area (Å²) >= 11 is 0. The largest absolute Gasteiger partial charge is 0.481 e. The predicted octanol–water partition coefficient (Wildman–Crippen LogP) is 3.58. The molecule has 0 aliphatic carbocycles. The third-order valence-corrected chi connectivity index (χ3v) is 4.10. The molecule has 0 aliphatic heterocycles. The molecule has 3 N–H and O–H groups in total. The Balaban J connectivity index is 1.44. The molecule has 0 spiro atoms. The van der Waals surface area contributed by atoms with Crippen LogP contribution < -0.4 is 20.7 Å². The lowest BCUT2D eigenvalue weighted by Gasteiger charge is -2.11. The number of hydrogen-bond acceptors (Lipinski definition) is 6. The Morgan fingerprint density at radius 3 is 2.57 bits per heavy atom. The predicted molar refractivity (Wildman–Crippen MR) is 115 cm³/mol. The molecule has 8 heteroatoms. The molecule has 0 fully saturated rings. The lowest BCUT2D eigenvalue weighted by molar-refractivity contribution is -0.123. The van der Waals surface area contributed by atoms with Gasteiger partial charge >= 0.3 is 0 Å². The molecule has 0 bridgehead atoms. The monoisotopic (exact) mass is 409 g/mol. The maximum Gasteiger partial charge on any atom is 0.258 e. The number of amides is 1. The second kappa shape index (κ2) is 10.2. The van der Waals surface area contributed by atoms with Crippen molar-refractivity contribution in [3.8, 4) is 5.75 Å². The Labute approximate surface area is 174 Å². The molecular weight excluding hydrogens is 385 g/mol. The third kappa shape index (κ3) is 6.44. The van der Waals surface area contributed by atoms with Crippen LogP contribution in [0.1, 0.15) is 11.3 Å². The second-order valence-corrected chi connectivity index (χ2v) is 6.71. The van der Waals surface area contributed by atoms with Gasteiger partial charge in [0.1, 0.15) is 5.82 Å². The van der Waals surface area contributed by atoms with Crippen molar-refractivity contribution in [1.29, 1.82) is 0 Å². The Kier molecular flexibility index (Phi) is 7.15. The highest BCUT2D eigenvalue weighted by Gasteiger charge is 2.06. The highest BCUT2D eigenvalue weighted by atomic mass is 19.1. The van der Waals surface area contributed by atoms with Gasteiger partial charge in [0.25, 0.3) is 5.91 Å². The molecule has 1 amide bonds. The number of nitrogens with zero attached hydrogens (tertiary/aromatic N) is 2. The molecule has 0 unspecified atom stereocenters. The van der Waals surface area contributed by atoms with E-state index in [1.54, 1.807) is 12.1 Å². The van der Waals surface area contributed by atoms with Gasteiger partial charge < -0.3 is 20.7 Å². The molecular formula is C22H24FN5O2. The number of hydrogen-bond donors (Lipinski definition) is 3. The number of benzene rings is 2. The van der Waals surface area contributed by atoms with Gasteiger partial charge in [0.15, 0.2) is 18.2 Å². The zero-order valence-electron chi connectivity index (χ0n) is 16.9. The maximum absolute atomic E-state index is 13.5. The van der Waals surface area contributed by atoms with Crippen molar-refractivity contribution in [3.05, 3.63) is 71.7 Å². The summed E-state index contributed by atoms with van der Waals surface area (Å²) in [6.45, 7) is 4.43. The molecule has 0 radical (unpaired) electrons. The SMILES string of the molecule is Cc1ccc(Nc2cc(C)nc(NCCNC(=O)COc3ccccc3F)n2)cc1. The van der Waals surface area contributed by atoms with Crippen LogP contribution in [0.3, 0.4) is 0 Å². The highest BCUT2D eigenvalue weighted by Crippen LogP contribution is 2.17. The van der Waals surface area contributed by atoms with Crippen molar-refractivity contribution < 1.29 is 13.9 Å².